The van der Waals surface area contributed by atoms with Gasteiger partial charge in [0.1, 0.15) is 6.04 Å². The maximum absolute atomic E-state index is 13.3. The number of urea groups is 1. The minimum atomic E-state index is -3.86. The number of carbonyl (C=O) groups is 3. The van der Waals surface area contributed by atoms with E-state index in [1.807, 2.05) is 30.6 Å². The number of nitrogens with one attached hydrogen (secondary N) is 2. The van der Waals surface area contributed by atoms with E-state index in [1.54, 1.807) is 12.1 Å². The van der Waals surface area contributed by atoms with Gasteiger partial charge in [-0.05, 0) is 64.7 Å². The molecule has 1 aromatic heterocycles. The molecular weight excluding hydrogens is 588 g/mol. The molecule has 41 heavy (non-hydrogen) atoms. The van der Waals surface area contributed by atoms with Crippen LogP contribution in [0.5, 0.6) is 0 Å². The molecule has 11 nitrogen and oxygen atoms in total. The second-order valence-corrected chi connectivity index (χ2v) is 15.3. The van der Waals surface area contributed by atoms with Crippen LogP contribution in [0.4, 0.5) is 4.79 Å². The van der Waals surface area contributed by atoms with Gasteiger partial charge in [-0.2, -0.15) is 4.72 Å². The fourth-order valence-corrected chi connectivity index (χ4v) is 7.53. The number of carbonyl (C=O) groups excluding carboxylic acids is 3. The molecule has 0 radical (unpaired) electrons. The zero-order chi connectivity index (χ0) is 29.8. The second kappa shape index (κ2) is 13.4. The lowest BCUT2D eigenvalue weighted by Gasteiger charge is -2.39. The number of likely N-dealkylation sites (tertiary alicyclic amines) is 2. The SMILES string of the molecule is CC(C)(C)NC(=O)N1CCN(C[C@@H]2CCCN2C(=O)CN2CCC[C@H](NS(=O)(=O)/C=C/c3ccc(Cl)s3)C2=O)CC1. The van der Waals surface area contributed by atoms with Crippen LogP contribution in [0.25, 0.3) is 6.08 Å². The summed E-state index contributed by atoms with van der Waals surface area (Å²) in [5.74, 6) is -0.483. The smallest absolute Gasteiger partial charge is 0.317 e. The molecule has 1 aromatic rings. The van der Waals surface area contributed by atoms with Crippen molar-refractivity contribution in [3.05, 3.63) is 26.8 Å². The maximum Gasteiger partial charge on any atom is 0.317 e. The Morgan fingerprint density at radius 3 is 2.44 bits per heavy atom. The van der Waals surface area contributed by atoms with E-state index in [4.69, 9.17) is 11.6 Å². The fourth-order valence-electron chi connectivity index (χ4n) is 5.46. The predicted molar refractivity (Wildman–Crippen MR) is 161 cm³/mol. The van der Waals surface area contributed by atoms with Crippen LogP contribution in [-0.4, -0.2) is 116 Å². The summed E-state index contributed by atoms with van der Waals surface area (Å²) in [6.45, 7) is 10.4. The summed E-state index contributed by atoms with van der Waals surface area (Å²) in [5.41, 5.74) is -0.282. The third kappa shape index (κ3) is 9.15. The van der Waals surface area contributed by atoms with E-state index in [9.17, 15) is 22.8 Å². The van der Waals surface area contributed by atoms with Crippen molar-refractivity contribution in [3.63, 3.8) is 0 Å². The van der Waals surface area contributed by atoms with Crippen molar-refractivity contribution in [1.82, 2.24) is 29.6 Å². The molecule has 4 rings (SSSR count). The quantitative estimate of drug-likeness (QED) is 0.456. The van der Waals surface area contributed by atoms with Gasteiger partial charge in [-0.25, -0.2) is 13.2 Å². The van der Waals surface area contributed by atoms with Crippen molar-refractivity contribution in [2.45, 2.75) is 64.1 Å². The van der Waals surface area contributed by atoms with Gasteiger partial charge in [0.05, 0.1) is 10.9 Å². The number of amides is 4. The molecule has 0 aliphatic carbocycles. The molecule has 228 valence electrons. The van der Waals surface area contributed by atoms with Crippen LogP contribution in [0.2, 0.25) is 4.34 Å². The van der Waals surface area contributed by atoms with Gasteiger partial charge in [-0.3, -0.25) is 14.5 Å². The van der Waals surface area contributed by atoms with Gasteiger partial charge in [0.15, 0.2) is 0 Å². The topological polar surface area (TPSA) is 122 Å². The van der Waals surface area contributed by atoms with Crippen LogP contribution in [0, 0.1) is 0 Å². The van der Waals surface area contributed by atoms with Crippen LogP contribution >= 0.6 is 22.9 Å². The summed E-state index contributed by atoms with van der Waals surface area (Å²) in [4.78, 5) is 47.1. The molecule has 14 heteroatoms. The first-order chi connectivity index (χ1) is 19.3. The first kappa shape index (κ1) is 31.7. The van der Waals surface area contributed by atoms with Gasteiger partial charge in [-0.15, -0.1) is 11.3 Å². The third-order valence-corrected chi connectivity index (χ3v) is 9.78. The van der Waals surface area contributed by atoms with Crippen LogP contribution < -0.4 is 10.0 Å². The molecule has 4 amide bonds. The summed E-state index contributed by atoms with van der Waals surface area (Å²) in [6.07, 6.45) is 4.24. The first-order valence-electron chi connectivity index (χ1n) is 14.1. The molecule has 3 aliphatic heterocycles. The van der Waals surface area contributed by atoms with Crippen molar-refractivity contribution in [3.8, 4) is 0 Å². The molecule has 2 N–H and O–H groups in total. The summed E-state index contributed by atoms with van der Waals surface area (Å²) < 4.78 is 28.3. The highest BCUT2D eigenvalue weighted by atomic mass is 35.5. The van der Waals surface area contributed by atoms with Gasteiger partial charge in [0.2, 0.25) is 21.8 Å². The zero-order valence-electron chi connectivity index (χ0n) is 24.0. The molecule has 0 bridgehead atoms. The number of halogens is 1. The molecule has 0 saturated carbocycles. The highest BCUT2D eigenvalue weighted by Gasteiger charge is 2.36. The molecule has 2 atom stereocenters. The summed E-state index contributed by atoms with van der Waals surface area (Å²) >= 11 is 7.16. The standard InChI is InChI=1S/C27H41ClN6O5S2/c1-27(2,3)29-26(37)32-15-13-31(14-16-32)18-20-6-4-12-34(20)24(35)19-33-11-5-7-22(25(33)36)30-41(38,39)17-10-21-8-9-23(28)40-21/h8-10,17,20,22,30H,4-7,11-16,18-19H2,1-3H3,(H,29,37)/b17-10+/t20-,22-/m0/s1. The molecule has 3 fully saturated rings. The van der Waals surface area contributed by atoms with Gasteiger partial charge in [-0.1, -0.05) is 11.6 Å². The average molecular weight is 629 g/mol. The Morgan fingerprint density at radius 2 is 1.78 bits per heavy atom. The molecule has 0 aromatic carbocycles. The molecule has 0 unspecified atom stereocenters. The lowest BCUT2D eigenvalue weighted by Crippen LogP contribution is -2.57. The van der Waals surface area contributed by atoms with Crippen molar-refractivity contribution in [2.75, 3.05) is 52.4 Å². The minimum absolute atomic E-state index is 0.0509. The van der Waals surface area contributed by atoms with E-state index in [0.717, 1.165) is 37.9 Å². The zero-order valence-corrected chi connectivity index (χ0v) is 26.4. The Kier molecular flexibility index (Phi) is 10.4. The highest BCUT2D eigenvalue weighted by Crippen LogP contribution is 2.23. The van der Waals surface area contributed by atoms with Crippen LogP contribution in [-0.2, 0) is 19.6 Å². The van der Waals surface area contributed by atoms with Gasteiger partial charge >= 0.3 is 6.03 Å². The maximum atomic E-state index is 13.3. The Bertz CT molecular complexity index is 1240. The molecule has 3 saturated heterocycles. The normalized spacial score (nSPS) is 23.0. The van der Waals surface area contributed by atoms with E-state index in [0.29, 0.717) is 48.2 Å². The summed E-state index contributed by atoms with van der Waals surface area (Å²) in [6, 6.07) is 2.51. The molecule has 0 spiro atoms. The van der Waals surface area contributed by atoms with Crippen molar-refractivity contribution in [1.29, 1.82) is 0 Å². The van der Waals surface area contributed by atoms with Crippen molar-refractivity contribution >= 4 is 56.9 Å². The number of piperidine rings is 1. The molecular formula is C27H41ClN6O5S2. The summed E-state index contributed by atoms with van der Waals surface area (Å²) in [5, 5.41) is 4.05. The number of sulfonamides is 1. The Labute approximate surface area is 251 Å². The van der Waals surface area contributed by atoms with E-state index in [2.05, 4.69) is 14.9 Å². The van der Waals surface area contributed by atoms with Gasteiger partial charge < -0.3 is 20.0 Å². The third-order valence-electron chi connectivity index (χ3n) is 7.48. The average Bonchev–Trinajstić information content (AvgIpc) is 3.53. The van der Waals surface area contributed by atoms with Gasteiger partial charge in [0.25, 0.3) is 0 Å². The van der Waals surface area contributed by atoms with E-state index < -0.39 is 16.1 Å². The number of hydrogen-bond acceptors (Lipinski definition) is 7. The van der Waals surface area contributed by atoms with Crippen LogP contribution in [0.1, 0.15) is 51.3 Å². The summed E-state index contributed by atoms with van der Waals surface area (Å²) in [7, 11) is -3.86. The number of hydrogen-bond donors (Lipinski definition) is 2. The minimum Gasteiger partial charge on any atom is -0.337 e. The highest BCUT2D eigenvalue weighted by molar-refractivity contribution is 7.92. The molecule has 4 heterocycles. The number of nitrogens with zero attached hydrogens (tertiary/aromatic N) is 4. The van der Waals surface area contributed by atoms with E-state index >= 15 is 0 Å². The van der Waals surface area contributed by atoms with E-state index in [-0.39, 0.29) is 36.0 Å². The Morgan fingerprint density at radius 1 is 1.07 bits per heavy atom. The Balaban J connectivity index is 1.27. The monoisotopic (exact) mass is 628 g/mol. The second-order valence-electron chi connectivity index (χ2n) is 11.9. The van der Waals surface area contributed by atoms with Gasteiger partial charge in [0, 0.05) is 67.7 Å². The van der Waals surface area contributed by atoms with Crippen molar-refractivity contribution < 1.29 is 22.8 Å². The van der Waals surface area contributed by atoms with Crippen LogP contribution in [0.15, 0.2) is 17.5 Å². The largest absolute Gasteiger partial charge is 0.337 e. The first-order valence-corrected chi connectivity index (χ1v) is 16.9. The number of thiophene rings is 1. The van der Waals surface area contributed by atoms with Crippen LogP contribution in [0.3, 0.4) is 0 Å². The fraction of sp³-hybridized carbons (Fsp3) is 0.667. The lowest BCUT2D eigenvalue weighted by molar-refractivity contribution is -0.143. The molecule has 3 aliphatic rings. The van der Waals surface area contributed by atoms with E-state index in [1.165, 1.54) is 22.3 Å². The Hall–Kier alpha value is -2.19. The van der Waals surface area contributed by atoms with Crippen molar-refractivity contribution in [2.24, 2.45) is 0 Å². The lowest BCUT2D eigenvalue weighted by atomic mass is 10.1. The number of piperazine rings is 1. The predicted octanol–water partition coefficient (Wildman–Crippen LogP) is 2.40. The number of rotatable bonds is 8.